The first-order valence-corrected chi connectivity index (χ1v) is 5.82. The summed E-state index contributed by atoms with van der Waals surface area (Å²) in [5, 5.41) is 0. The second kappa shape index (κ2) is 4.14. The number of rotatable bonds is 2. The van der Waals surface area contributed by atoms with Gasteiger partial charge in [0.25, 0.3) is 0 Å². The molecule has 0 spiro atoms. The molecule has 2 N–H and O–H groups in total. The van der Waals surface area contributed by atoms with Crippen molar-refractivity contribution in [2.45, 2.75) is 13.0 Å². The summed E-state index contributed by atoms with van der Waals surface area (Å²) in [7, 11) is 0. The van der Waals surface area contributed by atoms with E-state index in [2.05, 4.69) is 4.98 Å². The summed E-state index contributed by atoms with van der Waals surface area (Å²) >= 11 is 0. The third-order valence-corrected chi connectivity index (χ3v) is 3.13. The van der Waals surface area contributed by atoms with Crippen LogP contribution in [0.2, 0.25) is 0 Å². The number of benzene rings is 1. The van der Waals surface area contributed by atoms with Gasteiger partial charge in [0.15, 0.2) is 0 Å². The van der Waals surface area contributed by atoms with Crippen molar-refractivity contribution in [1.82, 2.24) is 4.98 Å². The number of carbonyl (C=O) groups excluding carboxylic acids is 1. The van der Waals surface area contributed by atoms with E-state index in [-0.39, 0.29) is 5.91 Å². The van der Waals surface area contributed by atoms with E-state index in [9.17, 15) is 4.79 Å². The number of pyridine rings is 1. The number of aromatic nitrogens is 1. The van der Waals surface area contributed by atoms with Crippen molar-refractivity contribution in [3.8, 4) is 0 Å². The largest absolute Gasteiger partial charge is 0.397 e. The number of anilines is 2. The predicted molar refractivity (Wildman–Crippen MR) is 70.0 cm³/mol. The fraction of sp³-hybridized carbons (Fsp3) is 0.143. The average Bonchev–Trinajstić information content (AvgIpc) is 2.69. The van der Waals surface area contributed by atoms with E-state index in [4.69, 9.17) is 5.73 Å². The van der Waals surface area contributed by atoms with Gasteiger partial charge in [0, 0.05) is 12.4 Å². The molecule has 0 radical (unpaired) electrons. The molecule has 3 rings (SSSR count). The second-order valence-electron chi connectivity index (χ2n) is 4.37. The minimum absolute atomic E-state index is 0.0896. The van der Waals surface area contributed by atoms with Crippen LogP contribution in [0.1, 0.15) is 11.1 Å². The maximum absolute atomic E-state index is 12.0. The van der Waals surface area contributed by atoms with Gasteiger partial charge in [-0.05, 0) is 23.3 Å². The zero-order valence-electron chi connectivity index (χ0n) is 9.84. The van der Waals surface area contributed by atoms with Crippen LogP contribution in [0.3, 0.4) is 0 Å². The first-order valence-electron chi connectivity index (χ1n) is 5.82. The highest BCUT2D eigenvalue weighted by molar-refractivity contribution is 6.04. The number of carbonyl (C=O) groups is 1. The summed E-state index contributed by atoms with van der Waals surface area (Å²) in [6, 6.07) is 9.48. The van der Waals surface area contributed by atoms with Crippen LogP contribution in [-0.2, 0) is 17.8 Å². The van der Waals surface area contributed by atoms with Crippen LogP contribution in [0.15, 0.2) is 42.7 Å². The van der Waals surface area contributed by atoms with Crippen LogP contribution in [0.5, 0.6) is 0 Å². The van der Waals surface area contributed by atoms with Gasteiger partial charge >= 0.3 is 0 Å². The fourth-order valence-corrected chi connectivity index (χ4v) is 2.31. The number of amides is 1. The van der Waals surface area contributed by atoms with E-state index in [0.717, 1.165) is 16.8 Å². The number of hydrogen-bond acceptors (Lipinski definition) is 3. The first-order chi connectivity index (χ1) is 8.75. The highest BCUT2D eigenvalue weighted by Crippen LogP contribution is 2.35. The van der Waals surface area contributed by atoms with Crippen LogP contribution in [0, 0.1) is 0 Å². The van der Waals surface area contributed by atoms with Gasteiger partial charge in [0.1, 0.15) is 0 Å². The van der Waals surface area contributed by atoms with Crippen molar-refractivity contribution in [2.24, 2.45) is 0 Å². The maximum Gasteiger partial charge on any atom is 0.231 e. The lowest BCUT2D eigenvalue weighted by atomic mass is 10.1. The summed E-state index contributed by atoms with van der Waals surface area (Å²) in [6.07, 6.45) is 3.92. The lowest BCUT2D eigenvalue weighted by Crippen LogP contribution is -2.26. The monoisotopic (exact) mass is 239 g/mol. The average molecular weight is 239 g/mol. The molecule has 90 valence electrons. The number of nitrogens with zero attached hydrogens (tertiary/aromatic N) is 2. The summed E-state index contributed by atoms with van der Waals surface area (Å²) in [5.41, 5.74) is 9.48. The van der Waals surface area contributed by atoms with Crippen LogP contribution >= 0.6 is 0 Å². The Bertz CT molecular complexity index is 595. The summed E-state index contributed by atoms with van der Waals surface area (Å²) in [5.74, 6) is 0.0896. The van der Waals surface area contributed by atoms with Crippen molar-refractivity contribution in [3.05, 3.63) is 53.9 Å². The fourth-order valence-electron chi connectivity index (χ4n) is 2.31. The normalized spacial score (nSPS) is 13.8. The van der Waals surface area contributed by atoms with Crippen molar-refractivity contribution >= 4 is 17.3 Å². The molecule has 1 aromatic carbocycles. The SMILES string of the molecule is Nc1cccc2c1N(Cc1cccnc1)C(=O)C2. The van der Waals surface area contributed by atoms with Crippen LogP contribution in [0.25, 0.3) is 0 Å². The molecular formula is C14H13N3O. The molecule has 4 heteroatoms. The molecule has 0 aliphatic carbocycles. The molecule has 2 aromatic rings. The molecule has 1 aromatic heterocycles. The van der Waals surface area contributed by atoms with E-state index in [1.807, 2.05) is 30.3 Å². The van der Waals surface area contributed by atoms with Crippen molar-refractivity contribution < 1.29 is 4.79 Å². The molecule has 0 saturated carbocycles. The van der Waals surface area contributed by atoms with Gasteiger partial charge in [-0.3, -0.25) is 9.78 Å². The van der Waals surface area contributed by atoms with Gasteiger partial charge in [-0.15, -0.1) is 0 Å². The molecule has 0 bridgehead atoms. The summed E-state index contributed by atoms with van der Waals surface area (Å²) in [4.78, 5) is 17.8. The van der Waals surface area contributed by atoms with E-state index in [1.165, 1.54) is 0 Å². The zero-order valence-corrected chi connectivity index (χ0v) is 9.84. The Morgan fingerprint density at radius 2 is 2.17 bits per heavy atom. The molecule has 18 heavy (non-hydrogen) atoms. The third-order valence-electron chi connectivity index (χ3n) is 3.13. The topological polar surface area (TPSA) is 59.2 Å². The molecule has 0 saturated heterocycles. The Morgan fingerprint density at radius 1 is 1.28 bits per heavy atom. The number of fused-ring (bicyclic) bond motifs is 1. The van der Waals surface area contributed by atoms with E-state index < -0.39 is 0 Å². The Morgan fingerprint density at radius 3 is 2.94 bits per heavy atom. The Labute approximate surface area is 105 Å². The van der Waals surface area contributed by atoms with E-state index in [1.54, 1.807) is 17.3 Å². The van der Waals surface area contributed by atoms with Gasteiger partial charge in [-0.25, -0.2) is 0 Å². The van der Waals surface area contributed by atoms with Gasteiger partial charge in [-0.2, -0.15) is 0 Å². The predicted octanol–water partition coefficient (Wildman–Crippen LogP) is 1.75. The number of para-hydroxylation sites is 1. The molecule has 1 amide bonds. The van der Waals surface area contributed by atoms with Crippen molar-refractivity contribution in [1.29, 1.82) is 0 Å². The lowest BCUT2D eigenvalue weighted by molar-refractivity contribution is -0.117. The lowest BCUT2D eigenvalue weighted by Gasteiger charge is -2.18. The second-order valence-corrected chi connectivity index (χ2v) is 4.37. The highest BCUT2D eigenvalue weighted by atomic mass is 16.2. The summed E-state index contributed by atoms with van der Waals surface area (Å²) < 4.78 is 0. The number of hydrogen-bond donors (Lipinski definition) is 1. The highest BCUT2D eigenvalue weighted by Gasteiger charge is 2.28. The molecule has 0 fully saturated rings. The van der Waals surface area contributed by atoms with Crippen molar-refractivity contribution in [2.75, 3.05) is 10.6 Å². The smallest absolute Gasteiger partial charge is 0.231 e. The number of nitrogen functional groups attached to an aromatic ring is 1. The molecule has 0 unspecified atom stereocenters. The van der Waals surface area contributed by atoms with E-state index in [0.29, 0.717) is 18.7 Å². The number of nitrogens with two attached hydrogens (primary N) is 1. The molecule has 0 atom stereocenters. The Balaban J connectivity index is 1.97. The molecule has 1 aliphatic heterocycles. The van der Waals surface area contributed by atoms with Gasteiger partial charge in [0.2, 0.25) is 5.91 Å². The zero-order chi connectivity index (χ0) is 12.5. The minimum atomic E-state index is 0.0896. The molecule has 4 nitrogen and oxygen atoms in total. The van der Waals surface area contributed by atoms with E-state index >= 15 is 0 Å². The van der Waals surface area contributed by atoms with Crippen molar-refractivity contribution in [3.63, 3.8) is 0 Å². The van der Waals surface area contributed by atoms with Gasteiger partial charge in [-0.1, -0.05) is 18.2 Å². The van der Waals surface area contributed by atoms with Crippen LogP contribution in [-0.4, -0.2) is 10.9 Å². The Hall–Kier alpha value is -2.36. The van der Waals surface area contributed by atoms with Gasteiger partial charge < -0.3 is 10.6 Å². The molecule has 1 aliphatic rings. The van der Waals surface area contributed by atoms with Crippen LogP contribution in [0.4, 0.5) is 11.4 Å². The molecular weight excluding hydrogens is 226 g/mol. The standard InChI is InChI=1S/C14H13N3O/c15-12-5-1-4-11-7-13(18)17(14(11)12)9-10-3-2-6-16-8-10/h1-6,8H,7,9,15H2. The minimum Gasteiger partial charge on any atom is -0.397 e. The summed E-state index contributed by atoms with van der Waals surface area (Å²) in [6.45, 7) is 0.522. The maximum atomic E-state index is 12.0. The third kappa shape index (κ3) is 1.72. The van der Waals surface area contributed by atoms with Gasteiger partial charge in [0.05, 0.1) is 24.3 Å². The Kier molecular flexibility index (Phi) is 2.48. The quantitative estimate of drug-likeness (QED) is 0.812. The first kappa shape index (κ1) is 10.8. The van der Waals surface area contributed by atoms with Crippen LogP contribution < -0.4 is 10.6 Å². The molecule has 2 heterocycles.